The number of nitrogens with zero attached hydrogens (tertiary/aromatic N) is 4. The van der Waals surface area contributed by atoms with E-state index in [1.165, 1.54) is 17.0 Å². The Kier molecular flexibility index (Phi) is 4.21. The lowest BCUT2D eigenvalue weighted by Crippen LogP contribution is -1.97. The number of rotatable bonds is 3. The first-order chi connectivity index (χ1) is 10.6. The molecule has 3 rings (SSSR count). The number of nitrogens with one attached hydrogen (secondary N) is 1. The molecular weight excluding hydrogens is 369 g/mol. The largest absolute Gasteiger partial charge is 0.253 e. The topological polar surface area (TPSA) is 58.9 Å². The van der Waals surface area contributed by atoms with Crippen molar-refractivity contribution >= 4 is 34.4 Å². The van der Waals surface area contributed by atoms with Gasteiger partial charge in [0.2, 0.25) is 10.6 Å². The molecule has 0 aliphatic rings. The molecule has 0 amide bonds. The van der Waals surface area contributed by atoms with E-state index < -0.39 is 0 Å². The van der Waals surface area contributed by atoms with Crippen LogP contribution in [0.2, 0.25) is 0 Å². The Morgan fingerprint density at radius 1 is 1.32 bits per heavy atom. The Morgan fingerprint density at radius 2 is 2.18 bits per heavy atom. The first kappa shape index (κ1) is 14.7. The van der Waals surface area contributed by atoms with Gasteiger partial charge in [-0.25, -0.2) is 9.49 Å². The molecule has 3 aromatic rings. The second kappa shape index (κ2) is 6.29. The minimum Gasteiger partial charge on any atom is -0.253 e. The van der Waals surface area contributed by atoms with Crippen LogP contribution in [0.15, 0.2) is 52.2 Å². The van der Waals surface area contributed by atoms with Crippen LogP contribution in [0, 0.1) is 10.6 Å². The van der Waals surface area contributed by atoms with Gasteiger partial charge in [-0.05, 0) is 42.5 Å². The lowest BCUT2D eigenvalue weighted by atomic mass is 10.2. The summed E-state index contributed by atoms with van der Waals surface area (Å²) < 4.78 is 16.2. The van der Waals surface area contributed by atoms with Gasteiger partial charge in [-0.3, -0.25) is 4.98 Å². The predicted octanol–water partition coefficient (Wildman–Crippen LogP) is 3.79. The highest BCUT2D eigenvalue weighted by molar-refractivity contribution is 9.10. The number of benzene rings is 1. The number of hydrogen-bond donors (Lipinski definition) is 1. The molecule has 0 bridgehead atoms. The fraction of sp³-hybridized carbons (Fsp3) is 0. The number of halogens is 2. The van der Waals surface area contributed by atoms with Crippen LogP contribution in [0.1, 0.15) is 5.56 Å². The van der Waals surface area contributed by atoms with E-state index in [0.717, 1.165) is 4.47 Å². The van der Waals surface area contributed by atoms with Crippen molar-refractivity contribution in [2.45, 2.75) is 0 Å². The van der Waals surface area contributed by atoms with Crippen LogP contribution < -0.4 is 0 Å². The molecule has 0 atom stereocenters. The van der Waals surface area contributed by atoms with Gasteiger partial charge in [0, 0.05) is 16.2 Å². The molecule has 1 aromatic carbocycles. The number of aromatic nitrogens is 4. The van der Waals surface area contributed by atoms with Crippen molar-refractivity contribution in [1.82, 2.24) is 19.9 Å². The molecule has 2 aromatic heterocycles. The lowest BCUT2D eigenvalue weighted by molar-refractivity contribution is 0.625. The quantitative estimate of drug-likeness (QED) is 0.557. The van der Waals surface area contributed by atoms with Gasteiger partial charge in [0.05, 0.1) is 6.21 Å². The second-order valence-corrected chi connectivity index (χ2v) is 5.59. The summed E-state index contributed by atoms with van der Waals surface area (Å²) in [5.74, 6) is 0.0820. The summed E-state index contributed by atoms with van der Waals surface area (Å²) >= 11 is 8.44. The molecule has 5 nitrogen and oxygen atoms in total. The van der Waals surface area contributed by atoms with E-state index in [9.17, 15) is 4.39 Å². The molecule has 2 heterocycles. The molecule has 110 valence electrons. The summed E-state index contributed by atoms with van der Waals surface area (Å²) in [6.45, 7) is 0. The monoisotopic (exact) mass is 377 g/mol. The van der Waals surface area contributed by atoms with Gasteiger partial charge in [-0.2, -0.15) is 14.9 Å². The highest BCUT2D eigenvalue weighted by Crippen LogP contribution is 2.16. The highest BCUT2D eigenvalue weighted by atomic mass is 79.9. The maximum absolute atomic E-state index is 13.7. The van der Waals surface area contributed by atoms with Crippen molar-refractivity contribution in [3.63, 3.8) is 0 Å². The fourth-order valence-electron chi connectivity index (χ4n) is 1.79. The Hall–Kier alpha value is -2.19. The number of aromatic amines is 1. The summed E-state index contributed by atoms with van der Waals surface area (Å²) in [6.07, 6.45) is 3.03. The lowest BCUT2D eigenvalue weighted by Gasteiger charge is -2.00. The molecule has 0 saturated heterocycles. The Labute approximate surface area is 138 Å². The standard InChI is InChI=1S/C14H9BrFN5S/c15-10-4-5-11(16)9(7-10)8-18-21-13(19-20-14(21)22)12-3-1-2-6-17-12/h1-8H,(H,20,22)/b18-8+. The molecule has 0 unspecified atom stereocenters. The van der Waals surface area contributed by atoms with Crippen molar-refractivity contribution in [3.8, 4) is 11.5 Å². The van der Waals surface area contributed by atoms with Crippen molar-refractivity contribution in [2.24, 2.45) is 5.10 Å². The van der Waals surface area contributed by atoms with Crippen LogP contribution in [-0.2, 0) is 0 Å². The molecule has 22 heavy (non-hydrogen) atoms. The number of hydrogen-bond acceptors (Lipinski definition) is 4. The van der Waals surface area contributed by atoms with Crippen molar-refractivity contribution in [2.75, 3.05) is 0 Å². The molecule has 8 heteroatoms. The second-order valence-electron chi connectivity index (χ2n) is 4.29. The third-order valence-corrected chi connectivity index (χ3v) is 3.57. The van der Waals surface area contributed by atoms with E-state index in [0.29, 0.717) is 21.9 Å². The minimum absolute atomic E-state index is 0.298. The fourth-order valence-corrected chi connectivity index (χ4v) is 2.35. The maximum atomic E-state index is 13.7. The van der Waals surface area contributed by atoms with Crippen LogP contribution in [0.25, 0.3) is 11.5 Å². The zero-order chi connectivity index (χ0) is 15.5. The van der Waals surface area contributed by atoms with E-state index in [4.69, 9.17) is 12.2 Å². The van der Waals surface area contributed by atoms with E-state index in [-0.39, 0.29) is 5.82 Å². The van der Waals surface area contributed by atoms with E-state index in [1.807, 2.05) is 6.07 Å². The zero-order valence-electron chi connectivity index (χ0n) is 11.1. The van der Waals surface area contributed by atoms with Gasteiger partial charge in [0.15, 0.2) is 0 Å². The van der Waals surface area contributed by atoms with Crippen molar-refractivity contribution in [3.05, 3.63) is 63.2 Å². The Balaban J connectivity index is 2.03. The SMILES string of the molecule is Fc1ccc(Br)cc1/C=N/n1c(-c2ccccn2)n[nH]c1=S. The van der Waals surface area contributed by atoms with Gasteiger partial charge in [0.1, 0.15) is 11.5 Å². The summed E-state index contributed by atoms with van der Waals surface area (Å²) in [5, 5.41) is 11.0. The normalized spacial score (nSPS) is 11.2. The van der Waals surface area contributed by atoms with Gasteiger partial charge in [0.25, 0.3) is 0 Å². The van der Waals surface area contributed by atoms with Gasteiger partial charge >= 0.3 is 0 Å². The average Bonchev–Trinajstić information content (AvgIpc) is 2.90. The first-order valence-electron chi connectivity index (χ1n) is 6.23. The summed E-state index contributed by atoms with van der Waals surface area (Å²) in [6, 6.07) is 10.0. The number of H-pyrrole nitrogens is 1. The Bertz CT molecular complexity index is 888. The van der Waals surface area contributed by atoms with E-state index in [1.54, 1.807) is 30.5 Å². The average molecular weight is 378 g/mol. The van der Waals surface area contributed by atoms with E-state index >= 15 is 0 Å². The molecule has 0 aliphatic heterocycles. The van der Waals surface area contributed by atoms with Crippen molar-refractivity contribution < 1.29 is 4.39 Å². The molecule has 0 radical (unpaired) electrons. The maximum Gasteiger partial charge on any atom is 0.216 e. The van der Waals surface area contributed by atoms with Crippen LogP contribution >= 0.6 is 28.1 Å². The highest BCUT2D eigenvalue weighted by Gasteiger charge is 2.09. The predicted molar refractivity (Wildman–Crippen MR) is 87.7 cm³/mol. The zero-order valence-corrected chi connectivity index (χ0v) is 13.5. The van der Waals surface area contributed by atoms with Gasteiger partial charge in [-0.15, -0.1) is 0 Å². The van der Waals surface area contributed by atoms with Crippen LogP contribution in [-0.4, -0.2) is 26.1 Å². The van der Waals surface area contributed by atoms with Crippen molar-refractivity contribution in [1.29, 1.82) is 0 Å². The summed E-state index contributed by atoms with van der Waals surface area (Å²) in [5.41, 5.74) is 0.950. The molecule has 0 spiro atoms. The molecule has 0 fully saturated rings. The molecule has 0 aliphatic carbocycles. The van der Waals surface area contributed by atoms with E-state index in [2.05, 4.69) is 36.2 Å². The molecule has 1 N–H and O–H groups in total. The molecule has 0 saturated carbocycles. The third-order valence-electron chi connectivity index (χ3n) is 2.81. The van der Waals surface area contributed by atoms with Crippen LogP contribution in [0.3, 0.4) is 0 Å². The minimum atomic E-state index is -0.374. The Morgan fingerprint density at radius 3 is 2.95 bits per heavy atom. The number of pyridine rings is 1. The summed E-state index contributed by atoms with van der Waals surface area (Å²) in [7, 11) is 0. The molecular formula is C14H9BrFN5S. The van der Waals surface area contributed by atoms with Gasteiger partial charge in [-0.1, -0.05) is 22.0 Å². The van der Waals surface area contributed by atoms with Crippen LogP contribution in [0.5, 0.6) is 0 Å². The third kappa shape index (κ3) is 3.02. The van der Waals surface area contributed by atoms with Gasteiger partial charge < -0.3 is 0 Å². The smallest absolute Gasteiger partial charge is 0.216 e. The first-order valence-corrected chi connectivity index (χ1v) is 7.43. The van der Waals surface area contributed by atoms with Crippen LogP contribution in [0.4, 0.5) is 4.39 Å². The summed E-state index contributed by atoms with van der Waals surface area (Å²) in [4.78, 5) is 4.20.